The van der Waals surface area contributed by atoms with Crippen molar-refractivity contribution in [3.05, 3.63) is 35.4 Å². The summed E-state index contributed by atoms with van der Waals surface area (Å²) in [6.07, 6.45) is 3.95. The number of ether oxygens (including phenoxy) is 1. The maximum absolute atomic E-state index is 5.34. The Kier molecular flexibility index (Phi) is 4.63. The van der Waals surface area contributed by atoms with Crippen LogP contribution in [0.2, 0.25) is 0 Å². The van der Waals surface area contributed by atoms with Crippen molar-refractivity contribution in [3.63, 3.8) is 0 Å². The average Bonchev–Trinajstić information content (AvgIpc) is 3.33. The Hall–Kier alpha value is -0.900. The zero-order chi connectivity index (χ0) is 14.8. The molecule has 0 heterocycles. The molecule has 2 aliphatic rings. The van der Waals surface area contributed by atoms with E-state index in [9.17, 15) is 0 Å². The molecule has 0 radical (unpaired) electrons. The van der Waals surface area contributed by atoms with Crippen LogP contribution in [0, 0.1) is 0 Å². The molecule has 0 spiro atoms. The van der Waals surface area contributed by atoms with Crippen LogP contribution >= 0.6 is 0 Å². The van der Waals surface area contributed by atoms with Crippen molar-refractivity contribution in [2.24, 2.45) is 0 Å². The quantitative estimate of drug-likeness (QED) is 0.871. The lowest BCUT2D eigenvalue weighted by Crippen LogP contribution is -2.49. The van der Waals surface area contributed by atoms with Crippen LogP contribution in [-0.2, 0) is 4.74 Å². The number of hydrogen-bond donors (Lipinski definition) is 1. The smallest absolute Gasteiger partial charge is 0.0589 e. The van der Waals surface area contributed by atoms with E-state index >= 15 is 0 Å². The summed E-state index contributed by atoms with van der Waals surface area (Å²) < 4.78 is 5.34. The standard InChI is InChI=1S/C18H28N2O/c1-13-12-17(20(10-11-21-3)14-8-9-14)18(19-2)16-7-5-4-6-15(13)16/h4-7,13-14,17-19H,8-12H2,1-3H3. The van der Waals surface area contributed by atoms with Crippen molar-refractivity contribution in [1.29, 1.82) is 0 Å². The Balaban J connectivity index is 1.87. The third-order valence-corrected chi connectivity index (χ3v) is 5.15. The van der Waals surface area contributed by atoms with Crippen molar-refractivity contribution in [1.82, 2.24) is 10.2 Å². The molecule has 1 N–H and O–H groups in total. The van der Waals surface area contributed by atoms with Gasteiger partial charge in [-0.2, -0.15) is 0 Å². The highest BCUT2D eigenvalue weighted by molar-refractivity contribution is 5.37. The monoisotopic (exact) mass is 288 g/mol. The second kappa shape index (κ2) is 6.47. The molecule has 0 aliphatic heterocycles. The molecule has 3 nitrogen and oxygen atoms in total. The molecule has 3 rings (SSSR count). The summed E-state index contributed by atoms with van der Waals surface area (Å²) in [5.74, 6) is 0.639. The van der Waals surface area contributed by atoms with Gasteiger partial charge in [0.15, 0.2) is 0 Å². The minimum atomic E-state index is 0.440. The fraction of sp³-hybridized carbons (Fsp3) is 0.667. The van der Waals surface area contributed by atoms with E-state index in [1.807, 2.05) is 0 Å². The van der Waals surface area contributed by atoms with E-state index in [2.05, 4.69) is 48.5 Å². The Morgan fingerprint density at radius 1 is 1.24 bits per heavy atom. The van der Waals surface area contributed by atoms with Gasteiger partial charge in [-0.1, -0.05) is 31.2 Å². The summed E-state index contributed by atoms with van der Waals surface area (Å²) in [4.78, 5) is 2.71. The second-order valence-electron chi connectivity index (χ2n) is 6.56. The van der Waals surface area contributed by atoms with Crippen LogP contribution < -0.4 is 5.32 Å². The number of benzene rings is 1. The van der Waals surface area contributed by atoms with Gasteiger partial charge in [-0.05, 0) is 43.4 Å². The molecule has 1 aromatic carbocycles. The molecule has 116 valence electrons. The molecular weight excluding hydrogens is 260 g/mol. The lowest BCUT2D eigenvalue weighted by Gasteiger charge is -2.43. The maximum atomic E-state index is 5.34. The predicted octanol–water partition coefficient (Wildman–Crippen LogP) is 2.93. The number of nitrogens with one attached hydrogen (secondary N) is 1. The summed E-state index contributed by atoms with van der Waals surface area (Å²) in [7, 11) is 3.91. The Morgan fingerprint density at radius 2 is 1.95 bits per heavy atom. The second-order valence-corrected chi connectivity index (χ2v) is 6.56. The highest BCUT2D eigenvalue weighted by Crippen LogP contribution is 2.42. The van der Waals surface area contributed by atoms with E-state index in [1.165, 1.54) is 30.4 Å². The summed E-state index contributed by atoms with van der Waals surface area (Å²) in [6.45, 7) is 4.26. The topological polar surface area (TPSA) is 24.5 Å². The van der Waals surface area contributed by atoms with Gasteiger partial charge in [-0.25, -0.2) is 0 Å². The lowest BCUT2D eigenvalue weighted by atomic mass is 9.77. The molecule has 3 unspecified atom stereocenters. The van der Waals surface area contributed by atoms with Crippen LogP contribution in [0.3, 0.4) is 0 Å². The molecule has 3 heteroatoms. The number of nitrogens with zero attached hydrogens (tertiary/aromatic N) is 1. The van der Waals surface area contributed by atoms with E-state index in [1.54, 1.807) is 7.11 Å². The van der Waals surface area contributed by atoms with Gasteiger partial charge in [-0.15, -0.1) is 0 Å². The Labute approximate surface area is 128 Å². The van der Waals surface area contributed by atoms with Gasteiger partial charge in [0, 0.05) is 31.8 Å². The highest BCUT2D eigenvalue weighted by atomic mass is 16.5. The average molecular weight is 288 g/mol. The molecule has 0 saturated heterocycles. The fourth-order valence-corrected chi connectivity index (χ4v) is 3.97. The summed E-state index contributed by atoms with van der Waals surface area (Å²) in [5.41, 5.74) is 3.02. The van der Waals surface area contributed by atoms with Gasteiger partial charge < -0.3 is 10.1 Å². The summed E-state index contributed by atoms with van der Waals surface area (Å²) >= 11 is 0. The molecule has 1 aromatic rings. The van der Waals surface area contributed by atoms with Gasteiger partial charge >= 0.3 is 0 Å². The van der Waals surface area contributed by atoms with E-state index in [0.29, 0.717) is 18.0 Å². The van der Waals surface area contributed by atoms with Gasteiger partial charge in [-0.3, -0.25) is 4.90 Å². The maximum Gasteiger partial charge on any atom is 0.0589 e. The first-order chi connectivity index (χ1) is 10.3. The molecule has 3 atom stereocenters. The van der Waals surface area contributed by atoms with Gasteiger partial charge in [0.05, 0.1) is 6.61 Å². The molecule has 0 aromatic heterocycles. The Bertz CT molecular complexity index is 472. The van der Waals surface area contributed by atoms with Crippen LogP contribution in [0.4, 0.5) is 0 Å². The number of likely N-dealkylation sites (N-methyl/N-ethyl adjacent to an activating group) is 1. The Morgan fingerprint density at radius 3 is 2.57 bits per heavy atom. The van der Waals surface area contributed by atoms with Crippen LogP contribution in [0.1, 0.15) is 49.3 Å². The van der Waals surface area contributed by atoms with E-state index in [-0.39, 0.29) is 0 Å². The third kappa shape index (κ3) is 3.01. The normalized spacial score (nSPS) is 28.7. The van der Waals surface area contributed by atoms with Crippen LogP contribution in [0.15, 0.2) is 24.3 Å². The van der Waals surface area contributed by atoms with Crippen molar-refractivity contribution < 1.29 is 4.74 Å². The van der Waals surface area contributed by atoms with Crippen LogP contribution in [-0.4, -0.2) is 44.3 Å². The highest BCUT2D eigenvalue weighted by Gasteiger charge is 2.41. The first-order valence-corrected chi connectivity index (χ1v) is 8.27. The molecule has 0 bridgehead atoms. The number of hydrogen-bond acceptors (Lipinski definition) is 3. The van der Waals surface area contributed by atoms with E-state index < -0.39 is 0 Å². The number of methoxy groups -OCH3 is 1. The van der Waals surface area contributed by atoms with Crippen LogP contribution in [0.5, 0.6) is 0 Å². The van der Waals surface area contributed by atoms with Crippen molar-refractivity contribution in [2.75, 3.05) is 27.3 Å². The first kappa shape index (κ1) is 15.0. The van der Waals surface area contributed by atoms with Crippen molar-refractivity contribution >= 4 is 0 Å². The molecule has 1 saturated carbocycles. The summed E-state index contributed by atoms with van der Waals surface area (Å²) in [6, 6.07) is 10.8. The number of rotatable bonds is 6. The molecule has 21 heavy (non-hydrogen) atoms. The third-order valence-electron chi connectivity index (χ3n) is 5.15. The largest absolute Gasteiger partial charge is 0.383 e. The fourth-order valence-electron chi connectivity index (χ4n) is 3.97. The first-order valence-electron chi connectivity index (χ1n) is 8.27. The van der Waals surface area contributed by atoms with Crippen molar-refractivity contribution in [2.45, 2.75) is 50.2 Å². The SMILES string of the molecule is CNC1c2ccccc2C(C)CC1N(CCOC)C1CC1. The van der Waals surface area contributed by atoms with Crippen LogP contribution in [0.25, 0.3) is 0 Å². The minimum Gasteiger partial charge on any atom is -0.383 e. The molecular formula is C18H28N2O. The molecule has 2 aliphatic carbocycles. The van der Waals surface area contributed by atoms with Gasteiger partial charge in [0.2, 0.25) is 0 Å². The van der Waals surface area contributed by atoms with E-state index in [4.69, 9.17) is 4.74 Å². The van der Waals surface area contributed by atoms with Gasteiger partial charge in [0.25, 0.3) is 0 Å². The number of fused-ring (bicyclic) bond motifs is 1. The summed E-state index contributed by atoms with van der Waals surface area (Å²) in [5, 5.41) is 3.59. The predicted molar refractivity (Wildman–Crippen MR) is 86.7 cm³/mol. The van der Waals surface area contributed by atoms with Gasteiger partial charge in [0.1, 0.15) is 0 Å². The van der Waals surface area contributed by atoms with E-state index in [0.717, 1.165) is 19.2 Å². The molecule has 1 fully saturated rings. The van der Waals surface area contributed by atoms with Crippen molar-refractivity contribution in [3.8, 4) is 0 Å². The lowest BCUT2D eigenvalue weighted by molar-refractivity contribution is 0.0846. The minimum absolute atomic E-state index is 0.440. The zero-order valence-electron chi connectivity index (χ0n) is 13.5. The zero-order valence-corrected chi connectivity index (χ0v) is 13.5. The molecule has 0 amide bonds.